The van der Waals surface area contributed by atoms with Crippen LogP contribution >= 0.6 is 12.2 Å². The van der Waals surface area contributed by atoms with Crippen molar-refractivity contribution in [1.82, 2.24) is 4.90 Å². The molecule has 9 heteroatoms. The number of carbonyl (C=O) groups excluding carboxylic acids is 2. The van der Waals surface area contributed by atoms with E-state index in [-0.39, 0.29) is 23.3 Å². The third kappa shape index (κ3) is 5.41. The molecule has 0 unspecified atom stereocenters. The summed E-state index contributed by atoms with van der Waals surface area (Å²) in [5.74, 6) is 0.269. The number of methoxy groups -OCH3 is 2. The van der Waals surface area contributed by atoms with Crippen LogP contribution in [0.3, 0.4) is 0 Å². The quantitative estimate of drug-likeness (QED) is 0.470. The van der Waals surface area contributed by atoms with E-state index in [4.69, 9.17) is 21.7 Å². The lowest BCUT2D eigenvalue weighted by atomic mass is 10.1. The van der Waals surface area contributed by atoms with E-state index in [1.54, 1.807) is 43.4 Å². The first-order chi connectivity index (χ1) is 16.9. The van der Waals surface area contributed by atoms with Gasteiger partial charge in [0.2, 0.25) is 5.91 Å². The number of rotatable bonds is 8. The third-order valence-electron chi connectivity index (χ3n) is 5.67. The molecular formula is C26H24FN3O4S. The lowest BCUT2D eigenvalue weighted by Gasteiger charge is -2.24. The Kier molecular flexibility index (Phi) is 7.26. The minimum atomic E-state index is -0.826. The van der Waals surface area contributed by atoms with Gasteiger partial charge in [0.1, 0.15) is 23.4 Å². The van der Waals surface area contributed by atoms with Crippen LogP contribution in [0.4, 0.5) is 15.8 Å². The summed E-state index contributed by atoms with van der Waals surface area (Å²) in [5.41, 5.74) is 1.92. The summed E-state index contributed by atoms with van der Waals surface area (Å²) in [5, 5.41) is 3.07. The minimum Gasteiger partial charge on any atom is -0.497 e. The Bertz CT molecular complexity index is 1220. The Balaban J connectivity index is 1.58. The number of carbonyl (C=O) groups is 2. The minimum absolute atomic E-state index is 0.112. The van der Waals surface area contributed by atoms with E-state index in [9.17, 15) is 14.0 Å². The molecule has 4 rings (SSSR count). The highest BCUT2D eigenvalue weighted by Crippen LogP contribution is 2.29. The number of nitrogens with zero attached hydrogens (tertiary/aromatic N) is 2. The van der Waals surface area contributed by atoms with Crippen molar-refractivity contribution in [1.29, 1.82) is 0 Å². The van der Waals surface area contributed by atoms with Crippen molar-refractivity contribution in [2.24, 2.45) is 0 Å². The lowest BCUT2D eigenvalue weighted by molar-refractivity contribution is -0.124. The standard InChI is InChI=1S/C26H24FN3O4S/c1-33-21-11-3-17(4-12-21)16-29-23(15-24(31)28-19-7-13-22(34-2)14-8-19)25(32)30(26(29)35)20-9-5-18(27)6-10-20/h3-14,23H,15-16H2,1-2H3,(H,28,31)/t23-/m1/s1. The van der Waals surface area contributed by atoms with Gasteiger partial charge in [0.05, 0.1) is 26.3 Å². The highest BCUT2D eigenvalue weighted by Gasteiger charge is 2.44. The summed E-state index contributed by atoms with van der Waals surface area (Å²) in [4.78, 5) is 29.4. The first-order valence-corrected chi connectivity index (χ1v) is 11.3. The summed E-state index contributed by atoms with van der Waals surface area (Å²) in [7, 11) is 3.15. The average Bonchev–Trinajstić information content (AvgIpc) is 3.09. The van der Waals surface area contributed by atoms with Gasteiger partial charge in [-0.05, 0) is 78.4 Å². The average molecular weight is 494 g/mol. The van der Waals surface area contributed by atoms with E-state index >= 15 is 0 Å². The fraction of sp³-hybridized carbons (Fsp3) is 0.192. The number of nitrogens with one attached hydrogen (secondary N) is 1. The van der Waals surface area contributed by atoms with Gasteiger partial charge in [-0.15, -0.1) is 0 Å². The first kappa shape index (κ1) is 24.2. The second-order valence-corrected chi connectivity index (χ2v) is 8.27. The van der Waals surface area contributed by atoms with Gasteiger partial charge in [-0.1, -0.05) is 12.1 Å². The van der Waals surface area contributed by atoms with Gasteiger partial charge >= 0.3 is 0 Å². The van der Waals surface area contributed by atoms with Gasteiger partial charge in [-0.3, -0.25) is 14.5 Å². The van der Waals surface area contributed by atoms with Crippen LogP contribution < -0.4 is 19.7 Å². The molecule has 0 radical (unpaired) electrons. The Morgan fingerprint density at radius 2 is 1.51 bits per heavy atom. The molecule has 1 heterocycles. The van der Waals surface area contributed by atoms with Crippen LogP contribution in [0.15, 0.2) is 72.8 Å². The Hall–Kier alpha value is -3.98. The molecule has 1 atom stereocenters. The zero-order valence-electron chi connectivity index (χ0n) is 19.2. The van der Waals surface area contributed by atoms with Crippen molar-refractivity contribution in [3.63, 3.8) is 0 Å². The molecule has 3 aromatic carbocycles. The number of thiocarbonyl (C=S) groups is 1. The second-order valence-electron chi connectivity index (χ2n) is 7.91. The molecule has 1 N–H and O–H groups in total. The van der Waals surface area contributed by atoms with E-state index in [0.717, 1.165) is 5.56 Å². The summed E-state index contributed by atoms with van der Waals surface area (Å²) < 4.78 is 23.8. The van der Waals surface area contributed by atoms with Gasteiger partial charge in [-0.25, -0.2) is 4.39 Å². The topological polar surface area (TPSA) is 71.1 Å². The molecule has 1 aliphatic heterocycles. The van der Waals surface area contributed by atoms with Gasteiger partial charge in [0.25, 0.3) is 5.91 Å². The van der Waals surface area contributed by atoms with Gasteiger partial charge in [0, 0.05) is 12.2 Å². The van der Waals surface area contributed by atoms with Crippen LogP contribution in [0.25, 0.3) is 0 Å². The van der Waals surface area contributed by atoms with Crippen LogP contribution in [0, 0.1) is 5.82 Å². The van der Waals surface area contributed by atoms with E-state index < -0.39 is 11.9 Å². The van der Waals surface area contributed by atoms with Crippen molar-refractivity contribution in [3.8, 4) is 11.5 Å². The molecule has 0 spiro atoms. The van der Waals surface area contributed by atoms with E-state index in [0.29, 0.717) is 29.4 Å². The maximum Gasteiger partial charge on any atom is 0.256 e. The van der Waals surface area contributed by atoms with Crippen molar-refractivity contribution in [2.45, 2.75) is 19.0 Å². The van der Waals surface area contributed by atoms with E-state index in [1.807, 2.05) is 24.3 Å². The number of hydrogen-bond acceptors (Lipinski definition) is 5. The van der Waals surface area contributed by atoms with Crippen LogP contribution in [0.1, 0.15) is 12.0 Å². The predicted octanol–water partition coefficient (Wildman–Crippen LogP) is 4.37. The highest BCUT2D eigenvalue weighted by atomic mass is 32.1. The monoisotopic (exact) mass is 493 g/mol. The van der Waals surface area contributed by atoms with Crippen LogP contribution in [0.2, 0.25) is 0 Å². The van der Waals surface area contributed by atoms with Gasteiger partial charge in [0.15, 0.2) is 5.11 Å². The lowest BCUT2D eigenvalue weighted by Crippen LogP contribution is -2.37. The Morgan fingerprint density at radius 3 is 2.09 bits per heavy atom. The number of benzene rings is 3. The number of hydrogen-bond donors (Lipinski definition) is 1. The molecule has 0 aliphatic carbocycles. The van der Waals surface area contributed by atoms with Gasteiger partial charge < -0.3 is 19.7 Å². The zero-order chi connectivity index (χ0) is 24.9. The SMILES string of the molecule is COc1ccc(CN2C(=S)N(c3ccc(F)cc3)C(=O)[C@H]2CC(=O)Nc2ccc(OC)cc2)cc1. The van der Waals surface area contributed by atoms with E-state index in [1.165, 1.54) is 29.2 Å². The van der Waals surface area contributed by atoms with Crippen LogP contribution in [-0.4, -0.2) is 42.1 Å². The molecule has 1 saturated heterocycles. The highest BCUT2D eigenvalue weighted by molar-refractivity contribution is 7.80. The molecule has 1 aliphatic rings. The summed E-state index contributed by atoms with van der Waals surface area (Å²) >= 11 is 5.66. The second kappa shape index (κ2) is 10.5. The number of halogens is 1. The summed E-state index contributed by atoms with van der Waals surface area (Å²) in [6, 6.07) is 19.0. The normalized spacial score (nSPS) is 15.3. The number of ether oxygens (including phenoxy) is 2. The van der Waals surface area contributed by atoms with Crippen molar-refractivity contribution in [3.05, 3.63) is 84.2 Å². The first-order valence-electron chi connectivity index (χ1n) is 10.9. The van der Waals surface area contributed by atoms with Crippen molar-refractivity contribution >= 4 is 40.5 Å². The van der Waals surface area contributed by atoms with Gasteiger partial charge in [-0.2, -0.15) is 0 Å². The van der Waals surface area contributed by atoms with Crippen LogP contribution in [-0.2, 0) is 16.1 Å². The molecular weight excluding hydrogens is 469 g/mol. The zero-order valence-corrected chi connectivity index (χ0v) is 20.0. The fourth-order valence-corrected chi connectivity index (χ4v) is 4.22. The molecule has 0 saturated carbocycles. The largest absolute Gasteiger partial charge is 0.497 e. The third-order valence-corrected chi connectivity index (χ3v) is 6.09. The van der Waals surface area contributed by atoms with Crippen molar-refractivity contribution in [2.75, 3.05) is 24.4 Å². The van der Waals surface area contributed by atoms with E-state index in [2.05, 4.69) is 5.32 Å². The number of amides is 2. The maximum absolute atomic E-state index is 13.5. The molecule has 0 bridgehead atoms. The predicted molar refractivity (Wildman–Crippen MR) is 135 cm³/mol. The molecule has 3 aromatic rings. The molecule has 180 valence electrons. The maximum atomic E-state index is 13.5. The van der Waals surface area contributed by atoms with Crippen LogP contribution in [0.5, 0.6) is 11.5 Å². The molecule has 1 fully saturated rings. The fourth-order valence-electron chi connectivity index (χ4n) is 3.83. The molecule has 2 amide bonds. The number of anilines is 2. The molecule has 7 nitrogen and oxygen atoms in total. The summed E-state index contributed by atoms with van der Waals surface area (Å²) in [6.45, 7) is 0.312. The smallest absolute Gasteiger partial charge is 0.256 e. The Morgan fingerprint density at radius 1 is 0.943 bits per heavy atom. The molecule has 0 aromatic heterocycles. The molecule has 35 heavy (non-hydrogen) atoms. The summed E-state index contributed by atoms with van der Waals surface area (Å²) in [6.07, 6.45) is -0.112. The Labute approximate surface area is 208 Å². The van der Waals surface area contributed by atoms with Crippen molar-refractivity contribution < 1.29 is 23.5 Å².